The van der Waals surface area contributed by atoms with E-state index in [1.165, 1.54) is 24.8 Å². The highest BCUT2D eigenvalue weighted by Crippen LogP contribution is 2.24. The molecule has 3 aromatic rings. The van der Waals surface area contributed by atoms with Crippen LogP contribution in [0.1, 0.15) is 16.9 Å². The van der Waals surface area contributed by atoms with Crippen molar-refractivity contribution in [2.75, 3.05) is 32.5 Å². The Kier molecular flexibility index (Phi) is 10.4. The number of nitrogen functional groups attached to an aromatic ring is 1. The molecular formula is C25H25ClF3N5O5S. The first-order valence-electron chi connectivity index (χ1n) is 11.7. The Morgan fingerprint density at radius 2 is 2.02 bits per heavy atom. The summed E-state index contributed by atoms with van der Waals surface area (Å²) in [5.41, 5.74) is 7.61. The number of hydrogen-bond acceptors (Lipinski definition) is 9. The number of aliphatic carboxylic acids is 1. The van der Waals surface area contributed by atoms with Gasteiger partial charge in [-0.2, -0.15) is 13.2 Å². The zero-order valence-electron chi connectivity index (χ0n) is 21.1. The molecule has 3 heterocycles. The van der Waals surface area contributed by atoms with Crippen LogP contribution < -0.4 is 5.73 Å². The molecule has 0 radical (unpaired) electrons. The van der Waals surface area contributed by atoms with Crippen LogP contribution in [0.25, 0.3) is 17.0 Å². The monoisotopic (exact) mass is 599 g/mol. The molecule has 4 rings (SSSR count). The van der Waals surface area contributed by atoms with E-state index in [1.54, 1.807) is 0 Å². The summed E-state index contributed by atoms with van der Waals surface area (Å²) in [6.07, 6.45) is 0.868. The van der Waals surface area contributed by atoms with Crippen molar-refractivity contribution >= 4 is 63.6 Å². The lowest BCUT2D eigenvalue weighted by Gasteiger charge is -2.25. The van der Waals surface area contributed by atoms with E-state index in [9.17, 15) is 22.8 Å². The van der Waals surface area contributed by atoms with Crippen LogP contribution in [0.3, 0.4) is 0 Å². The Bertz CT molecular complexity index is 1400. The molecule has 0 aliphatic carbocycles. The molecule has 1 aromatic carbocycles. The maximum Gasteiger partial charge on any atom is 0.490 e. The molecule has 0 saturated carbocycles. The SMILES string of the molecule is COC(=O)CN(CC=Cc1ccc(Cl)s1)[C@H]1CCN(Cc2ccc3c(N)ncnc3c2)C1=O.O=C(O)C(F)(F)F. The number of fused-ring (bicyclic) bond motifs is 1. The van der Waals surface area contributed by atoms with Crippen molar-refractivity contribution in [3.05, 3.63) is 57.5 Å². The van der Waals surface area contributed by atoms with Crippen molar-refractivity contribution in [1.82, 2.24) is 19.8 Å². The van der Waals surface area contributed by atoms with Crippen LogP contribution in [-0.4, -0.2) is 81.7 Å². The summed E-state index contributed by atoms with van der Waals surface area (Å²) in [6, 6.07) is 9.11. The topological polar surface area (TPSA) is 139 Å². The highest BCUT2D eigenvalue weighted by atomic mass is 35.5. The summed E-state index contributed by atoms with van der Waals surface area (Å²) in [5, 5.41) is 7.91. The van der Waals surface area contributed by atoms with E-state index in [4.69, 9.17) is 32.0 Å². The number of carbonyl (C=O) groups is 3. The summed E-state index contributed by atoms with van der Waals surface area (Å²) < 4.78 is 37.3. The van der Waals surface area contributed by atoms with Gasteiger partial charge in [-0.25, -0.2) is 14.8 Å². The number of carbonyl (C=O) groups excluding carboxylic acids is 2. The number of benzene rings is 1. The first-order chi connectivity index (χ1) is 18.9. The standard InChI is InChI=1S/C23H24ClN5O3S.C2HF3O2/c1-32-21(30)13-28(9-2-3-16-5-7-20(24)33-16)19-8-10-29(23(19)31)12-15-4-6-17-18(11-15)26-14-27-22(17)25;3-2(4,5)1(6)7/h2-7,11,14,19H,8-10,12-13H2,1H3,(H2,25,26,27);(H,6,7)/t19-;/m0./s1. The van der Waals surface area contributed by atoms with Crippen LogP contribution in [0.15, 0.2) is 42.7 Å². The molecular weight excluding hydrogens is 575 g/mol. The first kappa shape index (κ1) is 30.8. The van der Waals surface area contributed by atoms with Crippen LogP contribution in [0.4, 0.5) is 19.0 Å². The molecule has 10 nitrogen and oxygen atoms in total. The van der Waals surface area contributed by atoms with Gasteiger partial charge in [-0.3, -0.25) is 14.5 Å². The van der Waals surface area contributed by atoms with Crippen molar-refractivity contribution in [1.29, 1.82) is 0 Å². The minimum absolute atomic E-state index is 0.00577. The van der Waals surface area contributed by atoms with Gasteiger partial charge in [0.2, 0.25) is 5.91 Å². The van der Waals surface area contributed by atoms with Gasteiger partial charge in [0.1, 0.15) is 12.1 Å². The fourth-order valence-corrected chi connectivity index (χ4v) is 4.91. The normalized spacial score (nSPS) is 15.5. The van der Waals surface area contributed by atoms with Gasteiger partial charge in [0, 0.05) is 29.9 Å². The predicted octanol–water partition coefficient (Wildman–Crippen LogP) is 3.85. The van der Waals surface area contributed by atoms with E-state index < -0.39 is 12.1 Å². The number of aromatic nitrogens is 2. The summed E-state index contributed by atoms with van der Waals surface area (Å²) in [5.74, 6) is -2.71. The molecule has 1 aliphatic heterocycles. The fraction of sp³-hybridized carbons (Fsp3) is 0.320. The Morgan fingerprint density at radius 1 is 1.30 bits per heavy atom. The molecule has 214 valence electrons. The van der Waals surface area contributed by atoms with Gasteiger partial charge in [0.05, 0.1) is 29.5 Å². The van der Waals surface area contributed by atoms with Gasteiger partial charge in [0.25, 0.3) is 0 Å². The zero-order chi connectivity index (χ0) is 29.4. The molecule has 1 amide bonds. The van der Waals surface area contributed by atoms with Crippen LogP contribution in [0, 0.1) is 0 Å². The number of rotatable bonds is 8. The van der Waals surface area contributed by atoms with Crippen LogP contribution in [-0.2, 0) is 25.7 Å². The van der Waals surface area contributed by atoms with Gasteiger partial charge < -0.3 is 20.5 Å². The number of thiophene rings is 1. The third kappa shape index (κ3) is 8.37. The number of nitrogens with two attached hydrogens (primary N) is 1. The van der Waals surface area contributed by atoms with E-state index >= 15 is 0 Å². The Labute approximate surface area is 235 Å². The van der Waals surface area contributed by atoms with Crippen molar-refractivity contribution in [3.63, 3.8) is 0 Å². The first-order valence-corrected chi connectivity index (χ1v) is 12.9. The summed E-state index contributed by atoms with van der Waals surface area (Å²) in [6.45, 7) is 1.56. The van der Waals surface area contributed by atoms with Crippen LogP contribution in [0.2, 0.25) is 4.34 Å². The number of hydrogen-bond donors (Lipinski definition) is 2. The minimum atomic E-state index is -5.08. The zero-order valence-corrected chi connectivity index (χ0v) is 22.7. The lowest BCUT2D eigenvalue weighted by Crippen LogP contribution is -2.44. The van der Waals surface area contributed by atoms with Crippen LogP contribution in [0.5, 0.6) is 0 Å². The fourth-order valence-electron chi connectivity index (χ4n) is 3.91. The second-order valence-electron chi connectivity index (χ2n) is 8.53. The molecule has 3 N–H and O–H groups in total. The van der Waals surface area contributed by atoms with Crippen molar-refractivity contribution in [3.8, 4) is 0 Å². The van der Waals surface area contributed by atoms with Gasteiger partial charge in [-0.05, 0) is 42.3 Å². The number of amides is 1. The third-order valence-electron chi connectivity index (χ3n) is 5.83. The average Bonchev–Trinajstić information content (AvgIpc) is 3.48. The number of anilines is 1. The van der Waals surface area contributed by atoms with Gasteiger partial charge in [0.15, 0.2) is 0 Å². The van der Waals surface area contributed by atoms with E-state index in [0.29, 0.717) is 36.2 Å². The van der Waals surface area contributed by atoms with E-state index in [2.05, 4.69) is 9.97 Å². The average molecular weight is 600 g/mol. The summed E-state index contributed by atoms with van der Waals surface area (Å²) >= 11 is 7.45. The predicted molar refractivity (Wildman–Crippen MR) is 143 cm³/mol. The molecule has 1 atom stereocenters. The van der Waals surface area contributed by atoms with E-state index in [-0.39, 0.29) is 24.5 Å². The number of carboxylic acid groups (broad SMARTS) is 1. The molecule has 0 unspecified atom stereocenters. The smallest absolute Gasteiger partial charge is 0.475 e. The number of nitrogens with zero attached hydrogens (tertiary/aromatic N) is 4. The quantitative estimate of drug-likeness (QED) is 0.370. The van der Waals surface area contributed by atoms with E-state index in [0.717, 1.165) is 21.3 Å². The molecule has 1 fully saturated rings. The van der Waals surface area contributed by atoms with Crippen molar-refractivity contribution < 1.29 is 37.4 Å². The molecule has 0 spiro atoms. The Balaban J connectivity index is 0.000000559. The molecule has 40 heavy (non-hydrogen) atoms. The molecule has 1 saturated heterocycles. The highest BCUT2D eigenvalue weighted by Gasteiger charge is 2.38. The van der Waals surface area contributed by atoms with Crippen molar-refractivity contribution in [2.45, 2.75) is 25.2 Å². The van der Waals surface area contributed by atoms with Gasteiger partial charge >= 0.3 is 18.1 Å². The molecule has 0 bridgehead atoms. The van der Waals surface area contributed by atoms with E-state index in [1.807, 2.05) is 52.3 Å². The number of halogens is 4. The molecule has 15 heteroatoms. The largest absolute Gasteiger partial charge is 0.490 e. The molecule has 2 aromatic heterocycles. The number of alkyl halides is 3. The second-order valence-corrected chi connectivity index (χ2v) is 10.3. The highest BCUT2D eigenvalue weighted by molar-refractivity contribution is 7.16. The number of methoxy groups -OCH3 is 1. The number of ether oxygens (including phenoxy) is 1. The Morgan fingerprint density at radius 3 is 2.65 bits per heavy atom. The number of esters is 1. The van der Waals surface area contributed by atoms with Gasteiger partial charge in [-0.15, -0.1) is 11.3 Å². The lowest BCUT2D eigenvalue weighted by atomic mass is 10.1. The number of carboxylic acids is 1. The number of likely N-dealkylation sites (tertiary alicyclic amines) is 1. The maximum atomic E-state index is 13.2. The van der Waals surface area contributed by atoms with Gasteiger partial charge in [-0.1, -0.05) is 23.7 Å². The third-order valence-corrected chi connectivity index (χ3v) is 7.03. The second kappa shape index (κ2) is 13.5. The van der Waals surface area contributed by atoms with Crippen LogP contribution >= 0.6 is 22.9 Å². The summed E-state index contributed by atoms with van der Waals surface area (Å²) in [7, 11) is 1.35. The molecule has 1 aliphatic rings. The minimum Gasteiger partial charge on any atom is -0.475 e. The maximum absolute atomic E-state index is 13.2. The van der Waals surface area contributed by atoms with Crippen molar-refractivity contribution in [2.24, 2.45) is 0 Å². The summed E-state index contributed by atoms with van der Waals surface area (Å²) in [4.78, 5) is 47.1. The lowest BCUT2D eigenvalue weighted by molar-refractivity contribution is -0.192. The Hall–Kier alpha value is -3.75.